The molecule has 45 heavy (non-hydrogen) atoms. The van der Waals surface area contributed by atoms with Crippen molar-refractivity contribution in [2.45, 2.75) is 61.4 Å². The maximum Gasteiger partial charge on any atom is 0.335 e. The molecule has 2 aromatic carbocycles. The van der Waals surface area contributed by atoms with Crippen molar-refractivity contribution in [3.63, 3.8) is 0 Å². The molecule has 3 aromatic rings. The van der Waals surface area contributed by atoms with E-state index in [0.29, 0.717) is 0 Å². The van der Waals surface area contributed by atoms with Gasteiger partial charge in [-0.15, -0.1) is 0 Å². The molecule has 2 saturated heterocycles. The monoisotopic (exact) mass is 640 g/mol. The van der Waals surface area contributed by atoms with Gasteiger partial charge in [0.25, 0.3) is 0 Å². The molecule has 244 valence electrons. The van der Waals surface area contributed by atoms with Crippen LogP contribution in [0.25, 0.3) is 22.3 Å². The standard InChI is InChI=1S/C27H28O18/c28-6-14-16(33)19(36)24(45-26-21(38)18(35)20(37)23(44-26)25(39)40)27(42-14)43-22-11(32)5-13-15(17(22)34)10(31)4-12(41-13)7-1-2-8(29)9(30)3-7/h1-5,14,16,18-21,23-24,26-30,32-38H,6H2,(H,39,40)/t14-,16-,18+,19+,20-,21-,23+,24-,26+,27+/m1/s1. The summed E-state index contributed by atoms with van der Waals surface area (Å²) in [5.41, 5.74) is -1.08. The van der Waals surface area contributed by atoms with Crippen molar-refractivity contribution in [1.29, 1.82) is 0 Å². The quantitative estimate of drug-likeness (QED) is 0.118. The summed E-state index contributed by atoms with van der Waals surface area (Å²) in [4.78, 5) is 24.5. The summed E-state index contributed by atoms with van der Waals surface area (Å²) in [5.74, 6) is -5.53. The molecule has 0 aliphatic carbocycles. The Morgan fingerprint density at radius 1 is 0.800 bits per heavy atom. The minimum absolute atomic E-state index is 0.125. The molecule has 0 amide bonds. The average Bonchev–Trinajstić information content (AvgIpc) is 2.99. The average molecular weight is 641 g/mol. The molecule has 1 aromatic heterocycles. The van der Waals surface area contributed by atoms with Crippen LogP contribution in [0.4, 0.5) is 0 Å². The van der Waals surface area contributed by atoms with Crippen molar-refractivity contribution < 1.29 is 84.3 Å². The molecule has 0 unspecified atom stereocenters. The predicted molar refractivity (Wildman–Crippen MR) is 142 cm³/mol. The number of aliphatic hydroxyl groups is 6. The van der Waals surface area contributed by atoms with Gasteiger partial charge in [-0.2, -0.15) is 0 Å². The number of carboxylic acid groups (broad SMARTS) is 1. The van der Waals surface area contributed by atoms with Crippen LogP contribution in [0, 0.1) is 0 Å². The fourth-order valence-corrected chi connectivity index (χ4v) is 4.94. The first-order valence-electron chi connectivity index (χ1n) is 13.2. The predicted octanol–water partition coefficient (Wildman–Crippen LogP) is -2.62. The molecule has 2 aliphatic heterocycles. The zero-order valence-electron chi connectivity index (χ0n) is 22.6. The number of aromatic hydroxyl groups is 4. The largest absolute Gasteiger partial charge is 0.504 e. The third-order valence-corrected chi connectivity index (χ3v) is 7.35. The molecule has 10 atom stereocenters. The zero-order valence-corrected chi connectivity index (χ0v) is 22.6. The summed E-state index contributed by atoms with van der Waals surface area (Å²) in [6, 6.07) is 5.35. The van der Waals surface area contributed by atoms with Crippen LogP contribution in [0.5, 0.6) is 28.7 Å². The highest BCUT2D eigenvalue weighted by Gasteiger charge is 2.53. The lowest BCUT2D eigenvalue weighted by Crippen LogP contribution is -2.65. The minimum Gasteiger partial charge on any atom is -0.504 e. The van der Waals surface area contributed by atoms with Gasteiger partial charge in [0.1, 0.15) is 53.4 Å². The van der Waals surface area contributed by atoms with E-state index >= 15 is 0 Å². The van der Waals surface area contributed by atoms with Gasteiger partial charge < -0.3 is 79.5 Å². The molecule has 0 radical (unpaired) electrons. The SMILES string of the molecule is O=C(O)[C@H]1O[C@@H](O[C@H]2[C@H](Oc3c(O)cc4oc(-c5ccc(O)c(O)c5)cc(=O)c4c3O)O[C@H](CO)[C@@H](O)[C@@H]2O)[C@H](O)[C@@H](O)[C@H]1O. The third kappa shape index (κ3) is 5.81. The first kappa shape index (κ1) is 32.2. The summed E-state index contributed by atoms with van der Waals surface area (Å²) in [6.07, 6.45) is -19.9. The van der Waals surface area contributed by atoms with Gasteiger partial charge in [0, 0.05) is 17.7 Å². The fraction of sp³-hybridized carbons (Fsp3) is 0.407. The summed E-state index contributed by atoms with van der Waals surface area (Å²) in [6.45, 7) is -0.895. The maximum atomic E-state index is 13.0. The van der Waals surface area contributed by atoms with Crippen molar-refractivity contribution >= 4 is 16.9 Å². The maximum absolute atomic E-state index is 13.0. The number of aliphatic carboxylic acids is 1. The van der Waals surface area contributed by atoms with E-state index in [4.69, 9.17) is 23.4 Å². The Balaban J connectivity index is 1.50. The first-order chi connectivity index (χ1) is 21.2. The van der Waals surface area contributed by atoms with Gasteiger partial charge in [-0.3, -0.25) is 4.79 Å². The summed E-state index contributed by atoms with van der Waals surface area (Å²) < 4.78 is 27.1. The molecule has 3 heterocycles. The van der Waals surface area contributed by atoms with Crippen molar-refractivity contribution in [1.82, 2.24) is 0 Å². The van der Waals surface area contributed by atoms with Gasteiger partial charge in [-0.1, -0.05) is 0 Å². The summed E-state index contributed by atoms with van der Waals surface area (Å²) in [5, 5.41) is 111. The number of fused-ring (bicyclic) bond motifs is 1. The molecular formula is C27H28O18. The van der Waals surface area contributed by atoms with Crippen molar-refractivity contribution in [2.75, 3.05) is 6.61 Å². The van der Waals surface area contributed by atoms with Gasteiger partial charge in [-0.05, 0) is 18.2 Å². The molecule has 0 saturated carbocycles. The van der Waals surface area contributed by atoms with E-state index in [0.717, 1.165) is 24.3 Å². The lowest BCUT2D eigenvalue weighted by Gasteiger charge is -2.45. The number of aliphatic hydroxyl groups excluding tert-OH is 6. The van der Waals surface area contributed by atoms with Crippen molar-refractivity contribution in [3.05, 3.63) is 40.6 Å². The van der Waals surface area contributed by atoms with Gasteiger partial charge >= 0.3 is 5.97 Å². The number of benzene rings is 2. The number of carbonyl (C=O) groups is 1. The Morgan fingerprint density at radius 2 is 1.51 bits per heavy atom. The van der Waals surface area contributed by atoms with E-state index in [1.54, 1.807) is 0 Å². The van der Waals surface area contributed by atoms with Crippen LogP contribution in [0.15, 0.2) is 39.5 Å². The summed E-state index contributed by atoms with van der Waals surface area (Å²) >= 11 is 0. The number of hydrogen-bond donors (Lipinski definition) is 11. The second-order valence-corrected chi connectivity index (χ2v) is 10.3. The lowest BCUT2D eigenvalue weighted by molar-refractivity contribution is -0.353. The Bertz CT molecular complexity index is 1640. The van der Waals surface area contributed by atoms with Gasteiger partial charge in [0.15, 0.2) is 46.9 Å². The molecule has 0 bridgehead atoms. The smallest absolute Gasteiger partial charge is 0.335 e. The van der Waals surface area contributed by atoms with E-state index in [9.17, 15) is 65.8 Å². The Morgan fingerprint density at radius 3 is 2.16 bits per heavy atom. The summed E-state index contributed by atoms with van der Waals surface area (Å²) in [7, 11) is 0. The second-order valence-electron chi connectivity index (χ2n) is 10.3. The van der Waals surface area contributed by atoms with Gasteiger partial charge in [0.2, 0.25) is 12.0 Å². The zero-order chi connectivity index (χ0) is 32.9. The lowest BCUT2D eigenvalue weighted by atomic mass is 9.97. The first-order valence-corrected chi connectivity index (χ1v) is 13.2. The molecule has 11 N–H and O–H groups in total. The molecule has 18 heteroatoms. The van der Waals surface area contributed by atoms with E-state index in [-0.39, 0.29) is 16.9 Å². The molecule has 5 rings (SSSR count). The Labute approximate surface area is 250 Å². The normalized spacial score (nSPS) is 32.0. The van der Waals surface area contributed by atoms with Crippen LogP contribution in [0.1, 0.15) is 0 Å². The molecule has 0 spiro atoms. The highest BCUT2D eigenvalue weighted by Crippen LogP contribution is 2.44. The van der Waals surface area contributed by atoms with Crippen LogP contribution in [0.2, 0.25) is 0 Å². The molecule has 2 fully saturated rings. The topological polar surface area (TPSA) is 307 Å². The van der Waals surface area contributed by atoms with Crippen LogP contribution < -0.4 is 10.2 Å². The minimum atomic E-state index is -2.11. The van der Waals surface area contributed by atoms with E-state index in [1.165, 1.54) is 6.07 Å². The van der Waals surface area contributed by atoms with Crippen molar-refractivity contribution in [3.8, 4) is 40.1 Å². The number of carboxylic acids is 1. The third-order valence-electron chi connectivity index (χ3n) is 7.35. The van der Waals surface area contributed by atoms with Crippen molar-refractivity contribution in [2.24, 2.45) is 0 Å². The highest BCUT2D eigenvalue weighted by atomic mass is 16.8. The van der Waals surface area contributed by atoms with Gasteiger partial charge in [0.05, 0.1) is 6.61 Å². The van der Waals surface area contributed by atoms with E-state index in [1.807, 2.05) is 0 Å². The Hall–Kier alpha value is -4.24. The number of phenolic OH excluding ortho intramolecular Hbond substituents is 4. The number of phenols is 4. The van der Waals surface area contributed by atoms with Crippen LogP contribution in [-0.4, -0.2) is 130 Å². The number of rotatable bonds is 7. The molecular weight excluding hydrogens is 612 g/mol. The van der Waals surface area contributed by atoms with E-state index in [2.05, 4.69) is 0 Å². The van der Waals surface area contributed by atoms with Gasteiger partial charge in [-0.25, -0.2) is 4.79 Å². The van der Waals surface area contributed by atoms with Crippen LogP contribution in [-0.2, 0) is 19.0 Å². The molecule has 18 nitrogen and oxygen atoms in total. The Kier molecular flexibility index (Phi) is 8.77. The number of ether oxygens (including phenoxy) is 4. The molecule has 2 aliphatic rings. The highest BCUT2D eigenvalue weighted by molar-refractivity contribution is 5.89. The van der Waals surface area contributed by atoms with Crippen LogP contribution in [0.3, 0.4) is 0 Å². The van der Waals surface area contributed by atoms with Crippen LogP contribution >= 0.6 is 0 Å². The van der Waals surface area contributed by atoms with E-state index < -0.39 is 114 Å². The number of hydrogen-bond acceptors (Lipinski definition) is 17. The second kappa shape index (κ2) is 12.3. The fourth-order valence-electron chi connectivity index (χ4n) is 4.94.